The Morgan fingerprint density at radius 3 is 2.92 bits per heavy atom. The number of rotatable bonds is 5. The fourth-order valence-electron chi connectivity index (χ4n) is 3.08. The summed E-state index contributed by atoms with van der Waals surface area (Å²) in [7, 11) is -2.88. The van der Waals surface area contributed by atoms with Crippen LogP contribution >= 0.6 is 11.8 Å². The van der Waals surface area contributed by atoms with Crippen molar-refractivity contribution in [3.05, 3.63) is 48.0 Å². The molecule has 0 N–H and O–H groups in total. The Hall–Kier alpha value is -1.93. The maximum atomic E-state index is 11.5. The predicted molar refractivity (Wildman–Crippen MR) is 96.1 cm³/mol. The van der Waals surface area contributed by atoms with Crippen LogP contribution in [0.4, 0.5) is 0 Å². The zero-order valence-corrected chi connectivity index (χ0v) is 15.1. The minimum Gasteiger partial charge on any atom is -0.416 e. The lowest BCUT2D eigenvalue weighted by Crippen LogP contribution is -2.07. The molecule has 3 heterocycles. The summed E-state index contributed by atoms with van der Waals surface area (Å²) in [5, 5.41) is 9.73. The predicted octanol–water partition coefficient (Wildman–Crippen LogP) is 2.89. The normalized spacial score (nSPS) is 19.4. The standard InChI is InChI=1S/C17H17N3O3S2/c21-25(22)8-6-12(11-25)9-15-19-20-17(23-15)24-10-14-4-1-3-13-5-2-7-18-16(13)14/h1-5,7,12H,6,8-11H2. The molecule has 1 unspecified atom stereocenters. The molecule has 25 heavy (non-hydrogen) atoms. The molecule has 0 aliphatic carbocycles. The number of thioether (sulfide) groups is 1. The Morgan fingerprint density at radius 2 is 2.08 bits per heavy atom. The van der Waals surface area contributed by atoms with Crippen LogP contribution in [0.5, 0.6) is 0 Å². The molecular formula is C17H17N3O3S2. The molecule has 4 rings (SSSR count). The second-order valence-corrected chi connectivity index (χ2v) is 9.37. The Morgan fingerprint density at radius 1 is 1.20 bits per heavy atom. The largest absolute Gasteiger partial charge is 0.416 e. The van der Waals surface area contributed by atoms with Crippen molar-refractivity contribution in [1.82, 2.24) is 15.2 Å². The molecule has 3 aromatic rings. The van der Waals surface area contributed by atoms with Gasteiger partial charge in [-0.25, -0.2) is 8.42 Å². The Kier molecular flexibility index (Phi) is 4.47. The molecule has 6 nitrogen and oxygen atoms in total. The number of para-hydroxylation sites is 1. The van der Waals surface area contributed by atoms with E-state index in [9.17, 15) is 8.42 Å². The first-order chi connectivity index (χ1) is 12.1. The number of pyridine rings is 1. The summed E-state index contributed by atoms with van der Waals surface area (Å²) in [5.41, 5.74) is 2.10. The van der Waals surface area contributed by atoms with E-state index >= 15 is 0 Å². The van der Waals surface area contributed by atoms with Crippen molar-refractivity contribution in [1.29, 1.82) is 0 Å². The molecule has 1 aliphatic rings. The van der Waals surface area contributed by atoms with Gasteiger partial charge in [0.05, 0.1) is 17.0 Å². The van der Waals surface area contributed by atoms with E-state index in [-0.39, 0.29) is 17.4 Å². The first-order valence-corrected chi connectivity index (χ1v) is 10.9. The quantitative estimate of drug-likeness (QED) is 0.634. The summed E-state index contributed by atoms with van der Waals surface area (Å²) in [6, 6.07) is 10.1. The van der Waals surface area contributed by atoms with Gasteiger partial charge in [-0.3, -0.25) is 4.98 Å². The summed E-state index contributed by atoms with van der Waals surface area (Å²) in [6.45, 7) is 0. The molecule has 2 aromatic heterocycles. The smallest absolute Gasteiger partial charge is 0.276 e. The number of benzene rings is 1. The minimum atomic E-state index is -2.88. The summed E-state index contributed by atoms with van der Waals surface area (Å²) in [5.74, 6) is 1.78. The van der Waals surface area contributed by atoms with Crippen LogP contribution < -0.4 is 0 Å². The average Bonchev–Trinajstić information content (AvgIpc) is 3.19. The highest BCUT2D eigenvalue weighted by Gasteiger charge is 2.29. The highest BCUT2D eigenvalue weighted by molar-refractivity contribution is 7.98. The molecule has 1 aromatic carbocycles. The molecule has 0 bridgehead atoms. The number of sulfone groups is 1. The van der Waals surface area contributed by atoms with Gasteiger partial charge in [0.25, 0.3) is 5.22 Å². The number of hydrogen-bond acceptors (Lipinski definition) is 7. The van der Waals surface area contributed by atoms with Crippen LogP contribution in [0, 0.1) is 5.92 Å². The fraction of sp³-hybridized carbons (Fsp3) is 0.353. The van der Waals surface area contributed by atoms with E-state index in [0.29, 0.717) is 29.7 Å². The van der Waals surface area contributed by atoms with E-state index < -0.39 is 9.84 Å². The second kappa shape index (κ2) is 6.76. The zero-order valence-electron chi connectivity index (χ0n) is 13.5. The molecule has 0 saturated carbocycles. The van der Waals surface area contributed by atoms with Crippen molar-refractivity contribution in [2.24, 2.45) is 5.92 Å². The minimum absolute atomic E-state index is 0.0885. The molecule has 1 fully saturated rings. The third-order valence-corrected chi connectivity index (χ3v) is 7.01. The average molecular weight is 375 g/mol. The van der Waals surface area contributed by atoms with E-state index in [0.717, 1.165) is 16.5 Å². The molecule has 130 valence electrons. The molecular weight excluding hydrogens is 358 g/mol. The Balaban J connectivity index is 1.41. The van der Waals surface area contributed by atoms with E-state index in [1.807, 2.05) is 30.3 Å². The van der Waals surface area contributed by atoms with Crippen LogP contribution in [0.25, 0.3) is 10.9 Å². The lowest BCUT2D eigenvalue weighted by atomic mass is 10.1. The maximum Gasteiger partial charge on any atom is 0.276 e. The summed E-state index contributed by atoms with van der Waals surface area (Å²) >= 11 is 1.47. The van der Waals surface area contributed by atoms with Crippen molar-refractivity contribution < 1.29 is 12.8 Å². The number of nitrogens with zero attached hydrogens (tertiary/aromatic N) is 3. The molecule has 8 heteroatoms. The van der Waals surface area contributed by atoms with Gasteiger partial charge in [-0.15, -0.1) is 10.2 Å². The van der Waals surface area contributed by atoms with Gasteiger partial charge in [0.2, 0.25) is 5.89 Å². The van der Waals surface area contributed by atoms with Gasteiger partial charge in [-0.1, -0.05) is 36.0 Å². The number of aromatic nitrogens is 3. The van der Waals surface area contributed by atoms with Crippen LogP contribution in [-0.2, 0) is 22.0 Å². The molecule has 1 saturated heterocycles. The lowest BCUT2D eigenvalue weighted by molar-refractivity contribution is 0.389. The molecule has 0 radical (unpaired) electrons. The fourth-order valence-corrected chi connectivity index (χ4v) is 5.71. The molecule has 0 amide bonds. The molecule has 1 atom stereocenters. The van der Waals surface area contributed by atoms with Crippen LogP contribution in [0.2, 0.25) is 0 Å². The van der Waals surface area contributed by atoms with E-state index in [4.69, 9.17) is 4.42 Å². The third kappa shape index (κ3) is 3.85. The second-order valence-electron chi connectivity index (χ2n) is 6.22. The number of fused-ring (bicyclic) bond motifs is 1. The first kappa shape index (κ1) is 16.5. The summed E-state index contributed by atoms with van der Waals surface area (Å²) in [4.78, 5) is 4.44. The zero-order chi connectivity index (χ0) is 17.3. The molecule has 1 aliphatic heterocycles. The van der Waals surface area contributed by atoms with Gasteiger partial charge in [0.1, 0.15) is 0 Å². The van der Waals surface area contributed by atoms with Gasteiger partial charge in [-0.05, 0) is 24.0 Å². The van der Waals surface area contributed by atoms with Gasteiger partial charge < -0.3 is 4.42 Å². The topological polar surface area (TPSA) is 86.0 Å². The van der Waals surface area contributed by atoms with Crippen molar-refractivity contribution >= 4 is 32.5 Å². The Labute approximate surface area is 150 Å². The van der Waals surface area contributed by atoms with Gasteiger partial charge in [0, 0.05) is 23.8 Å². The van der Waals surface area contributed by atoms with Crippen LogP contribution in [-0.4, -0.2) is 35.1 Å². The van der Waals surface area contributed by atoms with E-state index in [1.165, 1.54) is 11.8 Å². The van der Waals surface area contributed by atoms with Crippen molar-refractivity contribution in [2.75, 3.05) is 11.5 Å². The highest BCUT2D eigenvalue weighted by Crippen LogP contribution is 2.27. The highest BCUT2D eigenvalue weighted by atomic mass is 32.2. The maximum absolute atomic E-state index is 11.5. The SMILES string of the molecule is O=S1(=O)CCC(Cc2nnc(SCc3cccc4cccnc34)o2)C1. The van der Waals surface area contributed by atoms with Gasteiger partial charge >= 0.3 is 0 Å². The summed E-state index contributed by atoms with van der Waals surface area (Å²) in [6.07, 6.45) is 2.99. The van der Waals surface area contributed by atoms with E-state index in [1.54, 1.807) is 6.20 Å². The lowest BCUT2D eigenvalue weighted by Gasteiger charge is -2.03. The van der Waals surface area contributed by atoms with Crippen molar-refractivity contribution in [3.8, 4) is 0 Å². The number of hydrogen-bond donors (Lipinski definition) is 0. The first-order valence-electron chi connectivity index (χ1n) is 8.07. The van der Waals surface area contributed by atoms with Crippen LogP contribution in [0.15, 0.2) is 46.2 Å². The van der Waals surface area contributed by atoms with Gasteiger partial charge in [-0.2, -0.15) is 0 Å². The molecule has 0 spiro atoms. The van der Waals surface area contributed by atoms with Crippen LogP contribution in [0.3, 0.4) is 0 Å². The van der Waals surface area contributed by atoms with E-state index in [2.05, 4.69) is 15.2 Å². The monoisotopic (exact) mass is 375 g/mol. The van der Waals surface area contributed by atoms with Crippen molar-refractivity contribution in [2.45, 2.75) is 23.8 Å². The van der Waals surface area contributed by atoms with Gasteiger partial charge in [0.15, 0.2) is 9.84 Å². The van der Waals surface area contributed by atoms with Crippen LogP contribution in [0.1, 0.15) is 17.9 Å². The third-order valence-electron chi connectivity index (χ3n) is 4.31. The Bertz CT molecular complexity index is 996. The summed E-state index contributed by atoms with van der Waals surface area (Å²) < 4.78 is 28.7. The van der Waals surface area contributed by atoms with Crippen molar-refractivity contribution in [3.63, 3.8) is 0 Å².